The Morgan fingerprint density at radius 2 is 1.86 bits per heavy atom. The van der Waals surface area contributed by atoms with Gasteiger partial charge >= 0.3 is 5.97 Å². The molecule has 1 fully saturated rings. The van der Waals surface area contributed by atoms with Crippen molar-refractivity contribution < 1.29 is 28.5 Å². The molecule has 2 N–H and O–H groups in total. The highest BCUT2D eigenvalue weighted by atomic mass is 19.1. The molecule has 0 unspecified atom stereocenters. The zero-order valence-electron chi connectivity index (χ0n) is 19.4. The molecule has 1 saturated carbocycles. The number of nitriles is 1. The quantitative estimate of drug-likeness (QED) is 0.331. The summed E-state index contributed by atoms with van der Waals surface area (Å²) in [7, 11) is 1.35. The maximum Gasteiger partial charge on any atom is 0.335 e. The number of phenols is 1. The molecule has 8 heteroatoms. The second-order valence-electron chi connectivity index (χ2n) is 9.05. The van der Waals surface area contributed by atoms with Crippen molar-refractivity contribution in [1.29, 1.82) is 5.26 Å². The van der Waals surface area contributed by atoms with E-state index in [-0.39, 0.29) is 23.5 Å². The number of nitrogens with zero attached hydrogens (tertiary/aromatic N) is 2. The number of aromatic carboxylic acids is 1. The van der Waals surface area contributed by atoms with E-state index < -0.39 is 23.0 Å². The SMILES string of the molecule is COc1cc(-n2c(C3(CC#N)CCC3)c(-c3ccc(C(=O)O)cc3)c3c(O)cc(F)cc32)ccc1F. The average Bonchev–Trinajstić information content (AvgIpc) is 3.17. The Kier molecular flexibility index (Phi) is 5.64. The van der Waals surface area contributed by atoms with Crippen LogP contribution in [-0.4, -0.2) is 27.9 Å². The Balaban J connectivity index is 1.94. The van der Waals surface area contributed by atoms with Gasteiger partial charge in [0.1, 0.15) is 11.6 Å². The summed E-state index contributed by atoms with van der Waals surface area (Å²) in [5.41, 5.74) is 2.20. The molecule has 182 valence electrons. The van der Waals surface area contributed by atoms with Crippen LogP contribution in [-0.2, 0) is 5.41 Å². The van der Waals surface area contributed by atoms with Gasteiger partial charge in [-0.05, 0) is 48.7 Å². The van der Waals surface area contributed by atoms with Crippen molar-refractivity contribution in [2.24, 2.45) is 0 Å². The van der Waals surface area contributed by atoms with E-state index >= 15 is 0 Å². The standard InChI is InChI=1S/C28H22F2N2O4/c1-36-23-15-19(7-8-20(23)30)32-21-13-18(29)14-22(33)25(21)24(16-3-5-17(6-4-16)27(34)35)26(32)28(11-12-31)9-2-10-28/h3-8,13-15,33H,2,9-11H2,1H3,(H,34,35). The number of carboxylic acids is 1. The maximum atomic E-state index is 14.7. The number of aromatic hydroxyl groups is 1. The predicted molar refractivity (Wildman–Crippen MR) is 130 cm³/mol. The van der Waals surface area contributed by atoms with Gasteiger partial charge in [-0.1, -0.05) is 18.6 Å². The van der Waals surface area contributed by atoms with Gasteiger partial charge in [0.2, 0.25) is 0 Å². The minimum absolute atomic E-state index is 0.00349. The molecule has 3 aromatic carbocycles. The van der Waals surface area contributed by atoms with Gasteiger partial charge in [-0.15, -0.1) is 0 Å². The number of fused-ring (bicyclic) bond motifs is 1. The summed E-state index contributed by atoms with van der Waals surface area (Å²) < 4.78 is 35.9. The van der Waals surface area contributed by atoms with E-state index in [9.17, 15) is 29.1 Å². The first-order valence-corrected chi connectivity index (χ1v) is 11.4. The zero-order chi connectivity index (χ0) is 25.6. The molecule has 0 saturated heterocycles. The molecule has 1 aliphatic rings. The van der Waals surface area contributed by atoms with E-state index in [0.29, 0.717) is 46.3 Å². The van der Waals surface area contributed by atoms with E-state index in [1.807, 2.05) is 0 Å². The van der Waals surface area contributed by atoms with Crippen molar-refractivity contribution in [1.82, 2.24) is 4.57 Å². The van der Waals surface area contributed by atoms with E-state index in [4.69, 9.17) is 4.74 Å². The number of phenolic OH excluding ortho intramolecular Hbond substituents is 1. The van der Waals surface area contributed by atoms with Crippen molar-refractivity contribution in [3.63, 3.8) is 0 Å². The van der Waals surface area contributed by atoms with E-state index in [1.54, 1.807) is 22.8 Å². The lowest BCUT2D eigenvalue weighted by Gasteiger charge is -2.42. The molecule has 0 bridgehead atoms. The molecule has 5 rings (SSSR count). The van der Waals surface area contributed by atoms with Crippen LogP contribution in [0.2, 0.25) is 0 Å². The van der Waals surface area contributed by atoms with Crippen LogP contribution in [0.1, 0.15) is 41.7 Å². The van der Waals surface area contributed by atoms with Crippen molar-refractivity contribution in [3.8, 4) is 34.4 Å². The third-order valence-electron chi connectivity index (χ3n) is 7.06. The minimum atomic E-state index is -1.08. The number of methoxy groups -OCH3 is 1. The molecule has 6 nitrogen and oxygen atoms in total. The zero-order valence-corrected chi connectivity index (χ0v) is 19.4. The molecule has 1 aromatic heterocycles. The molecular formula is C28H22F2N2O4. The molecule has 0 atom stereocenters. The Morgan fingerprint density at radius 3 is 2.44 bits per heavy atom. The van der Waals surface area contributed by atoms with Gasteiger partial charge in [-0.25, -0.2) is 13.6 Å². The molecule has 4 aromatic rings. The van der Waals surface area contributed by atoms with Crippen LogP contribution in [0.15, 0.2) is 54.6 Å². The van der Waals surface area contributed by atoms with E-state index in [2.05, 4.69) is 6.07 Å². The Labute approximate surface area is 205 Å². The van der Waals surface area contributed by atoms with E-state index in [1.165, 1.54) is 37.4 Å². The first-order valence-electron chi connectivity index (χ1n) is 11.4. The lowest BCUT2D eigenvalue weighted by atomic mass is 9.63. The van der Waals surface area contributed by atoms with Gasteiger partial charge in [-0.3, -0.25) is 0 Å². The van der Waals surface area contributed by atoms with Crippen LogP contribution in [0.5, 0.6) is 11.5 Å². The van der Waals surface area contributed by atoms with Crippen molar-refractivity contribution in [2.75, 3.05) is 7.11 Å². The van der Waals surface area contributed by atoms with Gasteiger partial charge in [0.05, 0.1) is 29.6 Å². The lowest BCUT2D eigenvalue weighted by Crippen LogP contribution is -2.36. The lowest BCUT2D eigenvalue weighted by molar-refractivity contribution is 0.0697. The summed E-state index contributed by atoms with van der Waals surface area (Å²) in [5, 5.41) is 30.4. The van der Waals surface area contributed by atoms with Gasteiger partial charge in [0.25, 0.3) is 0 Å². The summed E-state index contributed by atoms with van der Waals surface area (Å²) in [4.78, 5) is 11.4. The van der Waals surface area contributed by atoms with Gasteiger partial charge in [-0.2, -0.15) is 5.26 Å². The van der Waals surface area contributed by atoms with Crippen LogP contribution in [0.3, 0.4) is 0 Å². The molecule has 1 heterocycles. The topological polar surface area (TPSA) is 95.5 Å². The highest BCUT2D eigenvalue weighted by Crippen LogP contribution is 2.54. The number of aromatic nitrogens is 1. The number of hydrogen-bond acceptors (Lipinski definition) is 4. The minimum Gasteiger partial charge on any atom is -0.507 e. The fourth-order valence-corrected chi connectivity index (χ4v) is 5.23. The molecular weight excluding hydrogens is 466 g/mol. The largest absolute Gasteiger partial charge is 0.507 e. The number of ether oxygens (including phenoxy) is 1. The van der Waals surface area contributed by atoms with Crippen LogP contribution in [0, 0.1) is 23.0 Å². The fraction of sp³-hybridized carbons (Fsp3) is 0.214. The Morgan fingerprint density at radius 1 is 1.14 bits per heavy atom. The number of benzene rings is 3. The summed E-state index contributed by atoms with van der Waals surface area (Å²) in [6.45, 7) is 0. The van der Waals surface area contributed by atoms with E-state index in [0.717, 1.165) is 12.5 Å². The third kappa shape index (κ3) is 3.55. The number of rotatable bonds is 6. The number of hydrogen-bond donors (Lipinski definition) is 2. The highest BCUT2D eigenvalue weighted by molar-refractivity contribution is 6.04. The van der Waals surface area contributed by atoms with Crippen LogP contribution in [0.25, 0.3) is 27.7 Å². The molecule has 0 amide bonds. The van der Waals surface area contributed by atoms with Crippen LogP contribution >= 0.6 is 0 Å². The van der Waals surface area contributed by atoms with Crippen LogP contribution < -0.4 is 4.74 Å². The van der Waals surface area contributed by atoms with Crippen LogP contribution in [0.4, 0.5) is 8.78 Å². The monoisotopic (exact) mass is 488 g/mol. The maximum absolute atomic E-state index is 14.7. The Hall–Kier alpha value is -4.38. The molecule has 0 spiro atoms. The predicted octanol–water partition coefficient (Wildman–Crippen LogP) is 6.32. The number of halogens is 2. The molecule has 1 aliphatic carbocycles. The van der Waals surface area contributed by atoms with Crippen molar-refractivity contribution in [3.05, 3.63) is 77.5 Å². The summed E-state index contributed by atoms with van der Waals surface area (Å²) in [6.07, 6.45) is 2.45. The van der Waals surface area contributed by atoms with Crippen molar-refractivity contribution >= 4 is 16.9 Å². The van der Waals surface area contributed by atoms with Crippen molar-refractivity contribution in [2.45, 2.75) is 31.1 Å². The second kappa shape index (κ2) is 8.68. The van der Waals surface area contributed by atoms with Gasteiger partial charge < -0.3 is 19.5 Å². The summed E-state index contributed by atoms with van der Waals surface area (Å²) in [5.74, 6) is -2.59. The average molecular weight is 488 g/mol. The van der Waals surface area contributed by atoms with Gasteiger partial charge in [0, 0.05) is 40.9 Å². The smallest absolute Gasteiger partial charge is 0.335 e. The first-order chi connectivity index (χ1) is 17.3. The molecule has 0 aliphatic heterocycles. The first kappa shape index (κ1) is 23.4. The number of carboxylic acid groups (broad SMARTS) is 1. The highest BCUT2D eigenvalue weighted by Gasteiger charge is 2.44. The fourth-order valence-electron chi connectivity index (χ4n) is 5.23. The third-order valence-corrected chi connectivity index (χ3v) is 7.06. The number of carbonyl (C=O) groups is 1. The summed E-state index contributed by atoms with van der Waals surface area (Å²) in [6, 6.07) is 15.1. The summed E-state index contributed by atoms with van der Waals surface area (Å²) >= 11 is 0. The second-order valence-corrected chi connectivity index (χ2v) is 9.05. The normalized spacial score (nSPS) is 14.3. The van der Waals surface area contributed by atoms with Gasteiger partial charge in [0.15, 0.2) is 11.6 Å². The Bertz CT molecular complexity index is 1550. The molecule has 0 radical (unpaired) electrons. The molecule has 36 heavy (non-hydrogen) atoms.